The number of amides is 1. The second-order valence-corrected chi connectivity index (χ2v) is 5.93. The normalized spacial score (nSPS) is 15.2. The van der Waals surface area contributed by atoms with Crippen molar-refractivity contribution < 1.29 is 4.79 Å². The maximum atomic E-state index is 11.8. The van der Waals surface area contributed by atoms with Crippen molar-refractivity contribution in [1.29, 1.82) is 0 Å². The molecule has 2 N–H and O–H groups in total. The molecule has 3 nitrogen and oxygen atoms in total. The molecule has 0 aliphatic carbocycles. The van der Waals surface area contributed by atoms with E-state index in [0.717, 1.165) is 27.9 Å². The quantitative estimate of drug-likeness (QED) is 0.925. The summed E-state index contributed by atoms with van der Waals surface area (Å²) in [5.41, 5.74) is 11.5. The van der Waals surface area contributed by atoms with Crippen molar-refractivity contribution in [1.82, 2.24) is 0 Å². The Balaban J connectivity index is 1.98. The van der Waals surface area contributed by atoms with Gasteiger partial charge in [0.25, 0.3) is 0 Å². The second kappa shape index (κ2) is 5.17. The molecule has 1 atom stereocenters. The molecule has 0 spiro atoms. The molecule has 0 radical (unpaired) electrons. The topological polar surface area (TPSA) is 46.3 Å². The molecule has 1 unspecified atom stereocenters. The number of carbonyl (C=O) groups is 1. The standard InChI is InChI=1S/C17H17ClN2O/c1-10-7-13(18)4-5-14(10)17(19)11-3-6-15-12(8-11)9-16(21)20(15)2/h3-8,17H,9,19H2,1-2H3. The highest BCUT2D eigenvalue weighted by molar-refractivity contribution is 6.30. The highest BCUT2D eigenvalue weighted by Crippen LogP contribution is 2.32. The van der Waals surface area contributed by atoms with Crippen LogP contribution in [0.25, 0.3) is 0 Å². The number of nitrogens with zero attached hydrogens (tertiary/aromatic N) is 1. The number of benzene rings is 2. The lowest BCUT2D eigenvalue weighted by atomic mass is 9.94. The molecule has 0 bridgehead atoms. The van der Waals surface area contributed by atoms with Gasteiger partial charge < -0.3 is 10.6 Å². The minimum absolute atomic E-state index is 0.124. The number of halogens is 1. The summed E-state index contributed by atoms with van der Waals surface area (Å²) in [7, 11) is 1.80. The Labute approximate surface area is 129 Å². The Kier molecular flexibility index (Phi) is 3.47. The molecule has 1 aliphatic heterocycles. The minimum Gasteiger partial charge on any atom is -0.320 e. The van der Waals surface area contributed by atoms with Gasteiger partial charge in [0.15, 0.2) is 0 Å². The molecule has 4 heteroatoms. The van der Waals surface area contributed by atoms with Gasteiger partial charge in [-0.25, -0.2) is 0 Å². The van der Waals surface area contributed by atoms with Gasteiger partial charge in [-0.3, -0.25) is 4.79 Å². The summed E-state index contributed by atoms with van der Waals surface area (Å²) in [6.45, 7) is 2.01. The van der Waals surface area contributed by atoms with E-state index in [9.17, 15) is 4.79 Å². The van der Waals surface area contributed by atoms with E-state index >= 15 is 0 Å². The number of rotatable bonds is 2. The first-order valence-corrected chi connectivity index (χ1v) is 7.26. The van der Waals surface area contributed by atoms with Gasteiger partial charge in [0.05, 0.1) is 12.5 Å². The summed E-state index contributed by atoms with van der Waals surface area (Å²) in [6, 6.07) is 11.5. The lowest BCUT2D eigenvalue weighted by Gasteiger charge is -2.17. The van der Waals surface area contributed by atoms with E-state index in [1.54, 1.807) is 11.9 Å². The van der Waals surface area contributed by atoms with Crippen molar-refractivity contribution in [2.45, 2.75) is 19.4 Å². The van der Waals surface area contributed by atoms with Crippen LogP contribution in [0.5, 0.6) is 0 Å². The van der Waals surface area contributed by atoms with Crippen molar-refractivity contribution in [3.05, 3.63) is 63.7 Å². The maximum absolute atomic E-state index is 11.8. The van der Waals surface area contributed by atoms with Crippen molar-refractivity contribution in [2.24, 2.45) is 5.73 Å². The first-order chi connectivity index (χ1) is 9.97. The van der Waals surface area contributed by atoms with Gasteiger partial charge in [-0.2, -0.15) is 0 Å². The van der Waals surface area contributed by atoms with E-state index in [-0.39, 0.29) is 11.9 Å². The molecule has 1 amide bonds. The Hall–Kier alpha value is -1.84. The minimum atomic E-state index is -0.214. The van der Waals surface area contributed by atoms with Crippen LogP contribution in [-0.2, 0) is 11.2 Å². The van der Waals surface area contributed by atoms with Crippen molar-refractivity contribution >= 4 is 23.2 Å². The Bertz CT molecular complexity index is 727. The van der Waals surface area contributed by atoms with Crippen molar-refractivity contribution in [3.8, 4) is 0 Å². The van der Waals surface area contributed by atoms with E-state index in [1.165, 1.54) is 0 Å². The van der Waals surface area contributed by atoms with Crippen LogP contribution in [0.2, 0.25) is 5.02 Å². The molecule has 21 heavy (non-hydrogen) atoms. The number of hydrogen-bond donors (Lipinski definition) is 1. The van der Waals surface area contributed by atoms with Crippen molar-refractivity contribution in [2.75, 3.05) is 11.9 Å². The smallest absolute Gasteiger partial charge is 0.231 e. The summed E-state index contributed by atoms with van der Waals surface area (Å²) in [5.74, 6) is 0.124. The fraction of sp³-hybridized carbons (Fsp3) is 0.235. The zero-order valence-electron chi connectivity index (χ0n) is 12.1. The van der Waals surface area contributed by atoms with Crippen LogP contribution in [0, 0.1) is 6.92 Å². The SMILES string of the molecule is Cc1cc(Cl)ccc1C(N)c1ccc2c(c1)CC(=O)N2C. The molecule has 0 saturated heterocycles. The lowest BCUT2D eigenvalue weighted by molar-refractivity contribution is -0.117. The Morgan fingerprint density at radius 1 is 1.24 bits per heavy atom. The van der Waals surface area contributed by atoms with Gasteiger partial charge in [0.1, 0.15) is 0 Å². The molecule has 2 aromatic carbocycles. The number of anilines is 1. The number of aryl methyl sites for hydroxylation is 1. The van der Waals surface area contributed by atoms with Crippen LogP contribution in [0.4, 0.5) is 5.69 Å². The maximum Gasteiger partial charge on any atom is 0.231 e. The summed E-state index contributed by atoms with van der Waals surface area (Å²) in [4.78, 5) is 13.4. The predicted molar refractivity (Wildman–Crippen MR) is 85.8 cm³/mol. The Morgan fingerprint density at radius 3 is 2.71 bits per heavy atom. The van der Waals surface area contributed by atoms with Crippen molar-refractivity contribution in [3.63, 3.8) is 0 Å². The number of hydrogen-bond acceptors (Lipinski definition) is 2. The van der Waals surface area contributed by atoms with Gasteiger partial charge in [0, 0.05) is 17.8 Å². The van der Waals surface area contributed by atoms with Gasteiger partial charge in [0.2, 0.25) is 5.91 Å². The number of nitrogens with two attached hydrogens (primary N) is 1. The molecule has 1 heterocycles. The summed E-state index contributed by atoms with van der Waals surface area (Å²) >= 11 is 5.99. The number of carbonyl (C=O) groups excluding carboxylic acids is 1. The zero-order valence-corrected chi connectivity index (χ0v) is 12.8. The van der Waals surface area contributed by atoms with E-state index in [0.29, 0.717) is 11.4 Å². The zero-order chi connectivity index (χ0) is 15.1. The Morgan fingerprint density at radius 2 is 2.00 bits per heavy atom. The van der Waals surface area contributed by atoms with E-state index in [4.69, 9.17) is 17.3 Å². The van der Waals surface area contributed by atoms with Crippen LogP contribution >= 0.6 is 11.6 Å². The van der Waals surface area contributed by atoms with Crippen LogP contribution in [0.1, 0.15) is 28.3 Å². The number of likely N-dealkylation sites (N-methyl/N-ethyl adjacent to an activating group) is 1. The number of fused-ring (bicyclic) bond motifs is 1. The molecule has 1 aliphatic rings. The molecule has 0 saturated carbocycles. The van der Waals surface area contributed by atoms with E-state index in [1.807, 2.05) is 43.3 Å². The third kappa shape index (κ3) is 2.43. The van der Waals surface area contributed by atoms with Gasteiger partial charge in [-0.05, 0) is 47.4 Å². The molecular formula is C17H17ClN2O. The fourth-order valence-electron chi connectivity index (χ4n) is 2.85. The van der Waals surface area contributed by atoms with E-state index < -0.39 is 0 Å². The van der Waals surface area contributed by atoms with Crippen LogP contribution in [0.3, 0.4) is 0 Å². The average Bonchev–Trinajstić information content (AvgIpc) is 2.73. The van der Waals surface area contributed by atoms with Gasteiger partial charge in [-0.15, -0.1) is 0 Å². The van der Waals surface area contributed by atoms with Crippen LogP contribution < -0.4 is 10.6 Å². The molecule has 2 aromatic rings. The summed E-state index contributed by atoms with van der Waals surface area (Å²) in [6.07, 6.45) is 0.450. The second-order valence-electron chi connectivity index (χ2n) is 5.50. The molecular weight excluding hydrogens is 284 g/mol. The third-order valence-corrected chi connectivity index (χ3v) is 4.34. The largest absolute Gasteiger partial charge is 0.320 e. The van der Waals surface area contributed by atoms with Gasteiger partial charge >= 0.3 is 0 Å². The van der Waals surface area contributed by atoms with Crippen LogP contribution in [0.15, 0.2) is 36.4 Å². The predicted octanol–water partition coefficient (Wildman–Crippen LogP) is 3.22. The van der Waals surface area contributed by atoms with Gasteiger partial charge in [-0.1, -0.05) is 29.8 Å². The summed E-state index contributed by atoms with van der Waals surface area (Å²) in [5, 5.41) is 0.713. The summed E-state index contributed by atoms with van der Waals surface area (Å²) < 4.78 is 0. The van der Waals surface area contributed by atoms with E-state index in [2.05, 4.69) is 0 Å². The third-order valence-electron chi connectivity index (χ3n) is 4.11. The molecule has 108 valence electrons. The van der Waals surface area contributed by atoms with Crippen LogP contribution in [-0.4, -0.2) is 13.0 Å². The fourth-order valence-corrected chi connectivity index (χ4v) is 3.08. The molecule has 3 rings (SSSR count). The lowest BCUT2D eigenvalue weighted by Crippen LogP contribution is -2.20. The highest BCUT2D eigenvalue weighted by atomic mass is 35.5. The monoisotopic (exact) mass is 300 g/mol. The molecule has 0 aromatic heterocycles. The highest BCUT2D eigenvalue weighted by Gasteiger charge is 2.25. The first-order valence-electron chi connectivity index (χ1n) is 6.88. The first kappa shape index (κ1) is 14.1. The average molecular weight is 301 g/mol. The molecule has 0 fully saturated rings.